The van der Waals surface area contributed by atoms with Crippen LogP contribution < -0.4 is 9.80 Å². The number of likely N-dealkylation sites (N-methyl/N-ethyl adjacent to an activating group) is 1. The van der Waals surface area contributed by atoms with Gasteiger partial charge >= 0.3 is 0 Å². The van der Waals surface area contributed by atoms with Crippen LogP contribution in [0.2, 0.25) is 0 Å². The summed E-state index contributed by atoms with van der Waals surface area (Å²) >= 11 is 6.66. The van der Waals surface area contributed by atoms with E-state index < -0.39 is 0 Å². The zero-order valence-electron chi connectivity index (χ0n) is 14.2. The highest BCUT2D eigenvalue weighted by Gasteiger charge is 2.31. The molecule has 6 heteroatoms. The van der Waals surface area contributed by atoms with Crippen molar-refractivity contribution in [3.05, 3.63) is 47.1 Å². The highest BCUT2D eigenvalue weighted by Crippen LogP contribution is 2.41. The number of fused-ring (bicyclic) bond motifs is 1. The second-order valence-corrected chi connectivity index (χ2v) is 7.13. The quantitative estimate of drug-likeness (QED) is 0.599. The molecule has 0 saturated carbocycles. The average molecular weight is 360 g/mol. The van der Waals surface area contributed by atoms with Gasteiger partial charge in [0.2, 0.25) is 0 Å². The maximum Gasteiger partial charge on any atom is 0.266 e. The highest BCUT2D eigenvalue weighted by atomic mass is 32.2. The molecule has 0 spiro atoms. The van der Waals surface area contributed by atoms with E-state index in [9.17, 15) is 4.79 Å². The van der Waals surface area contributed by atoms with E-state index in [1.165, 1.54) is 23.1 Å². The SMILES string of the molecule is CCN1C(=O)C(=CC=C2N(CC)c3ccccc3N2CC)SC1=S. The molecule has 2 aliphatic heterocycles. The van der Waals surface area contributed by atoms with Crippen LogP contribution >= 0.6 is 24.0 Å². The smallest absolute Gasteiger partial charge is 0.266 e. The van der Waals surface area contributed by atoms with Crippen molar-refractivity contribution >= 4 is 45.6 Å². The summed E-state index contributed by atoms with van der Waals surface area (Å²) in [6.45, 7) is 8.59. The minimum Gasteiger partial charge on any atom is -0.326 e. The number of allylic oxidation sites excluding steroid dienone is 2. The molecular weight excluding hydrogens is 338 g/mol. The Morgan fingerprint density at radius 1 is 0.958 bits per heavy atom. The van der Waals surface area contributed by atoms with Crippen molar-refractivity contribution in [2.24, 2.45) is 0 Å². The van der Waals surface area contributed by atoms with Gasteiger partial charge in [-0.25, -0.2) is 0 Å². The third-order valence-electron chi connectivity index (χ3n) is 4.22. The van der Waals surface area contributed by atoms with E-state index in [-0.39, 0.29) is 5.91 Å². The molecule has 1 aromatic carbocycles. The molecule has 0 N–H and O–H groups in total. The second-order valence-electron chi connectivity index (χ2n) is 5.45. The molecule has 2 heterocycles. The number of anilines is 2. The molecular formula is C18H21N3OS2. The lowest BCUT2D eigenvalue weighted by molar-refractivity contribution is -0.122. The van der Waals surface area contributed by atoms with Gasteiger partial charge in [0.1, 0.15) is 10.1 Å². The van der Waals surface area contributed by atoms with Gasteiger partial charge in [-0.1, -0.05) is 36.1 Å². The maximum atomic E-state index is 12.4. The molecule has 1 saturated heterocycles. The van der Waals surface area contributed by atoms with Crippen LogP contribution in [0.5, 0.6) is 0 Å². The first kappa shape index (κ1) is 17.0. The minimum absolute atomic E-state index is 0.00552. The molecule has 126 valence electrons. The fraction of sp³-hybridized carbons (Fsp3) is 0.333. The van der Waals surface area contributed by atoms with Crippen LogP contribution in [0, 0.1) is 0 Å². The normalized spacial score (nSPS) is 18.9. The van der Waals surface area contributed by atoms with Crippen molar-refractivity contribution in [1.82, 2.24) is 4.90 Å². The van der Waals surface area contributed by atoms with Crippen molar-refractivity contribution in [1.29, 1.82) is 0 Å². The molecule has 24 heavy (non-hydrogen) atoms. The number of nitrogens with zero attached hydrogens (tertiary/aromatic N) is 3. The lowest BCUT2D eigenvalue weighted by atomic mass is 10.2. The first-order valence-corrected chi connectivity index (χ1v) is 9.44. The van der Waals surface area contributed by atoms with Gasteiger partial charge in [0, 0.05) is 19.6 Å². The van der Waals surface area contributed by atoms with Gasteiger partial charge in [-0.2, -0.15) is 0 Å². The van der Waals surface area contributed by atoms with E-state index in [1.807, 2.05) is 19.1 Å². The second kappa shape index (κ2) is 6.99. The third-order valence-corrected chi connectivity index (χ3v) is 5.62. The van der Waals surface area contributed by atoms with E-state index >= 15 is 0 Å². The number of carbonyl (C=O) groups is 1. The Morgan fingerprint density at radius 2 is 1.50 bits per heavy atom. The third kappa shape index (κ3) is 2.74. The molecule has 0 atom stereocenters. The molecule has 0 aliphatic carbocycles. The molecule has 0 aromatic heterocycles. The number of amides is 1. The molecule has 0 bridgehead atoms. The number of benzene rings is 1. The molecule has 1 fully saturated rings. The molecule has 2 aliphatic rings. The largest absolute Gasteiger partial charge is 0.326 e. The lowest BCUT2D eigenvalue weighted by Gasteiger charge is -2.23. The number of carbonyl (C=O) groups excluding carboxylic acids is 1. The number of rotatable bonds is 4. The molecule has 4 nitrogen and oxygen atoms in total. The van der Waals surface area contributed by atoms with E-state index in [2.05, 4.69) is 47.9 Å². The first-order chi connectivity index (χ1) is 11.6. The van der Waals surface area contributed by atoms with Gasteiger partial charge in [-0.05, 0) is 45.1 Å². The summed E-state index contributed by atoms with van der Waals surface area (Å²) < 4.78 is 0.640. The molecule has 3 rings (SSSR count). The maximum absolute atomic E-state index is 12.4. The van der Waals surface area contributed by atoms with Crippen molar-refractivity contribution in [3.8, 4) is 0 Å². The molecule has 0 unspecified atom stereocenters. The Bertz CT molecular complexity index is 709. The van der Waals surface area contributed by atoms with Crippen LogP contribution in [0.1, 0.15) is 20.8 Å². The summed E-state index contributed by atoms with van der Waals surface area (Å²) in [6.07, 6.45) is 3.94. The van der Waals surface area contributed by atoms with Crippen LogP contribution in [0.3, 0.4) is 0 Å². The number of thioether (sulfide) groups is 1. The highest BCUT2D eigenvalue weighted by molar-refractivity contribution is 8.26. The Kier molecular flexibility index (Phi) is 4.96. The van der Waals surface area contributed by atoms with E-state index in [0.29, 0.717) is 15.8 Å². The van der Waals surface area contributed by atoms with Crippen LogP contribution in [0.15, 0.2) is 47.1 Å². The molecule has 1 amide bonds. The summed E-state index contributed by atoms with van der Waals surface area (Å²) in [6, 6.07) is 8.40. The van der Waals surface area contributed by atoms with Crippen LogP contribution in [0.4, 0.5) is 11.4 Å². The average Bonchev–Trinajstić information content (AvgIpc) is 3.05. The number of thiocarbonyl (C=S) groups is 1. The summed E-state index contributed by atoms with van der Waals surface area (Å²) in [5.41, 5.74) is 2.42. The number of hydrogen-bond donors (Lipinski definition) is 0. The van der Waals surface area contributed by atoms with Gasteiger partial charge < -0.3 is 9.80 Å². The fourth-order valence-corrected chi connectivity index (χ4v) is 4.42. The fourth-order valence-electron chi connectivity index (χ4n) is 3.09. The number of hydrogen-bond acceptors (Lipinski definition) is 5. The predicted molar refractivity (Wildman–Crippen MR) is 106 cm³/mol. The van der Waals surface area contributed by atoms with Crippen molar-refractivity contribution < 1.29 is 4.79 Å². The van der Waals surface area contributed by atoms with Crippen LogP contribution in [-0.2, 0) is 4.79 Å². The van der Waals surface area contributed by atoms with Gasteiger partial charge in [0.25, 0.3) is 5.91 Å². The first-order valence-electron chi connectivity index (χ1n) is 8.22. The zero-order valence-corrected chi connectivity index (χ0v) is 15.8. The Morgan fingerprint density at radius 3 is 1.96 bits per heavy atom. The Hall–Kier alpha value is -1.79. The standard InChI is InChI=1S/C18H21N3OS2/c1-4-19-13-9-7-8-10-14(13)20(5-2)16(19)12-11-15-17(22)21(6-3)18(23)24-15/h7-12H,4-6H2,1-3H3. The van der Waals surface area contributed by atoms with Gasteiger partial charge in [0.15, 0.2) is 0 Å². The van der Waals surface area contributed by atoms with Gasteiger partial charge in [-0.15, -0.1) is 0 Å². The Balaban J connectivity index is 1.97. The van der Waals surface area contributed by atoms with E-state index in [0.717, 1.165) is 18.9 Å². The van der Waals surface area contributed by atoms with Crippen LogP contribution in [-0.4, -0.2) is 34.8 Å². The Labute approximate surface area is 152 Å². The monoisotopic (exact) mass is 359 g/mol. The van der Waals surface area contributed by atoms with Crippen molar-refractivity contribution in [3.63, 3.8) is 0 Å². The lowest BCUT2D eigenvalue weighted by Crippen LogP contribution is -2.28. The van der Waals surface area contributed by atoms with Crippen molar-refractivity contribution in [2.75, 3.05) is 29.4 Å². The minimum atomic E-state index is 0.00552. The van der Waals surface area contributed by atoms with Gasteiger partial charge in [0.05, 0.1) is 16.3 Å². The van der Waals surface area contributed by atoms with Crippen molar-refractivity contribution in [2.45, 2.75) is 20.8 Å². The summed E-state index contributed by atoms with van der Waals surface area (Å²) in [7, 11) is 0. The number of para-hydroxylation sites is 2. The summed E-state index contributed by atoms with van der Waals surface area (Å²) in [4.78, 5) is 19.2. The molecule has 1 aromatic rings. The summed E-state index contributed by atoms with van der Waals surface area (Å²) in [5.74, 6) is 1.11. The van der Waals surface area contributed by atoms with Crippen LogP contribution in [0.25, 0.3) is 0 Å². The topological polar surface area (TPSA) is 26.8 Å². The predicted octanol–water partition coefficient (Wildman–Crippen LogP) is 3.96. The molecule has 0 radical (unpaired) electrons. The van der Waals surface area contributed by atoms with E-state index in [1.54, 1.807) is 4.90 Å². The zero-order chi connectivity index (χ0) is 17.3. The summed E-state index contributed by atoms with van der Waals surface area (Å²) in [5, 5.41) is 0. The van der Waals surface area contributed by atoms with Gasteiger partial charge in [-0.3, -0.25) is 9.69 Å². The van der Waals surface area contributed by atoms with E-state index in [4.69, 9.17) is 12.2 Å².